The van der Waals surface area contributed by atoms with Gasteiger partial charge >= 0.3 is 0 Å². The average molecular weight is 269 g/mol. The number of amides is 2. The first kappa shape index (κ1) is 16.0. The highest BCUT2D eigenvalue weighted by Crippen LogP contribution is 2.18. The van der Waals surface area contributed by atoms with Gasteiger partial charge in [-0.25, -0.2) is 0 Å². The average Bonchev–Trinajstić information content (AvgIpc) is 2.70. The number of nitrogens with one attached hydrogen (secondary N) is 1. The second-order valence-electron chi connectivity index (χ2n) is 5.78. The standard InChI is InChI=1S/C14H27N3O2/c1-5-16(4)7-6-15-14(19)12-8-13(18)17(10-12)9-11(2)3/h11-12H,5-10H2,1-4H3,(H,15,19)/t12-/m1/s1. The van der Waals surface area contributed by atoms with Crippen molar-refractivity contribution in [2.45, 2.75) is 27.2 Å². The lowest BCUT2D eigenvalue weighted by Gasteiger charge is -2.19. The lowest BCUT2D eigenvalue weighted by Crippen LogP contribution is -2.37. The van der Waals surface area contributed by atoms with Gasteiger partial charge < -0.3 is 15.1 Å². The molecule has 110 valence electrons. The number of hydrogen-bond acceptors (Lipinski definition) is 3. The molecule has 5 nitrogen and oxygen atoms in total. The summed E-state index contributed by atoms with van der Waals surface area (Å²) >= 11 is 0. The van der Waals surface area contributed by atoms with Gasteiger partial charge in [0.15, 0.2) is 0 Å². The molecule has 1 fully saturated rings. The van der Waals surface area contributed by atoms with Gasteiger partial charge in [0.05, 0.1) is 5.92 Å². The first-order valence-corrected chi connectivity index (χ1v) is 7.18. The van der Waals surface area contributed by atoms with Crippen molar-refractivity contribution in [3.05, 3.63) is 0 Å². The van der Waals surface area contributed by atoms with Crippen molar-refractivity contribution >= 4 is 11.8 Å². The zero-order chi connectivity index (χ0) is 14.4. The Kier molecular flexibility index (Phi) is 6.28. The minimum absolute atomic E-state index is 0.0177. The van der Waals surface area contributed by atoms with Crippen molar-refractivity contribution in [3.63, 3.8) is 0 Å². The van der Waals surface area contributed by atoms with Crippen LogP contribution in [0.25, 0.3) is 0 Å². The van der Waals surface area contributed by atoms with E-state index >= 15 is 0 Å². The summed E-state index contributed by atoms with van der Waals surface area (Å²) < 4.78 is 0. The van der Waals surface area contributed by atoms with Gasteiger partial charge in [0, 0.05) is 32.6 Å². The Morgan fingerprint density at radius 1 is 1.53 bits per heavy atom. The number of carbonyl (C=O) groups is 2. The largest absolute Gasteiger partial charge is 0.355 e. The Balaban J connectivity index is 2.32. The molecule has 0 bridgehead atoms. The molecule has 1 heterocycles. The monoisotopic (exact) mass is 269 g/mol. The van der Waals surface area contributed by atoms with Crippen LogP contribution in [-0.4, -0.2) is 61.4 Å². The number of hydrogen-bond donors (Lipinski definition) is 1. The fourth-order valence-corrected chi connectivity index (χ4v) is 2.24. The topological polar surface area (TPSA) is 52.7 Å². The Labute approximate surface area is 116 Å². The van der Waals surface area contributed by atoms with Gasteiger partial charge in [-0.2, -0.15) is 0 Å². The van der Waals surface area contributed by atoms with Gasteiger partial charge in [-0.1, -0.05) is 20.8 Å². The van der Waals surface area contributed by atoms with Crippen molar-refractivity contribution in [1.82, 2.24) is 15.1 Å². The van der Waals surface area contributed by atoms with Crippen LogP contribution in [0.5, 0.6) is 0 Å². The van der Waals surface area contributed by atoms with E-state index in [4.69, 9.17) is 0 Å². The molecule has 0 spiro atoms. The van der Waals surface area contributed by atoms with Crippen molar-refractivity contribution in [2.24, 2.45) is 11.8 Å². The van der Waals surface area contributed by atoms with Gasteiger partial charge in [-0.15, -0.1) is 0 Å². The fraction of sp³-hybridized carbons (Fsp3) is 0.857. The predicted octanol–water partition coefficient (Wildman–Crippen LogP) is 0.559. The van der Waals surface area contributed by atoms with Crippen LogP contribution >= 0.6 is 0 Å². The summed E-state index contributed by atoms with van der Waals surface area (Å²) in [6.07, 6.45) is 0.363. The van der Waals surface area contributed by atoms with E-state index in [1.807, 2.05) is 11.9 Å². The molecule has 0 radical (unpaired) electrons. The summed E-state index contributed by atoms with van der Waals surface area (Å²) in [4.78, 5) is 27.7. The first-order valence-electron chi connectivity index (χ1n) is 7.18. The van der Waals surface area contributed by atoms with E-state index in [0.29, 0.717) is 25.4 Å². The summed E-state index contributed by atoms with van der Waals surface area (Å²) in [5.41, 5.74) is 0. The highest BCUT2D eigenvalue weighted by Gasteiger charge is 2.34. The van der Waals surface area contributed by atoms with Crippen LogP contribution in [0.1, 0.15) is 27.2 Å². The molecule has 0 aromatic heterocycles. The Morgan fingerprint density at radius 3 is 2.79 bits per heavy atom. The van der Waals surface area contributed by atoms with Gasteiger partial charge in [-0.3, -0.25) is 9.59 Å². The summed E-state index contributed by atoms with van der Waals surface area (Å²) in [6.45, 7) is 10.0. The van der Waals surface area contributed by atoms with Crippen molar-refractivity contribution in [1.29, 1.82) is 0 Å². The minimum Gasteiger partial charge on any atom is -0.355 e. The second-order valence-corrected chi connectivity index (χ2v) is 5.78. The normalized spacial score (nSPS) is 19.6. The van der Waals surface area contributed by atoms with E-state index in [9.17, 15) is 9.59 Å². The Morgan fingerprint density at radius 2 is 2.21 bits per heavy atom. The molecule has 2 amide bonds. The van der Waals surface area contributed by atoms with E-state index < -0.39 is 0 Å². The van der Waals surface area contributed by atoms with Crippen LogP contribution in [0.3, 0.4) is 0 Å². The molecular formula is C14H27N3O2. The quantitative estimate of drug-likeness (QED) is 0.735. The van der Waals surface area contributed by atoms with Crippen LogP contribution in [0.4, 0.5) is 0 Å². The maximum Gasteiger partial charge on any atom is 0.225 e. The summed E-state index contributed by atoms with van der Waals surface area (Å²) in [5.74, 6) is 0.408. The number of likely N-dealkylation sites (N-methyl/N-ethyl adjacent to an activating group) is 1. The summed E-state index contributed by atoms with van der Waals surface area (Å²) in [5, 5.41) is 2.92. The summed E-state index contributed by atoms with van der Waals surface area (Å²) in [6, 6.07) is 0. The van der Waals surface area contributed by atoms with Gasteiger partial charge in [-0.05, 0) is 19.5 Å². The molecule has 1 atom stereocenters. The maximum atomic E-state index is 12.0. The summed E-state index contributed by atoms with van der Waals surface area (Å²) in [7, 11) is 2.02. The SMILES string of the molecule is CCN(C)CCNC(=O)[C@@H]1CC(=O)N(CC(C)C)C1. The lowest BCUT2D eigenvalue weighted by molar-refractivity contribution is -0.129. The van der Waals surface area contributed by atoms with Crippen LogP contribution in [-0.2, 0) is 9.59 Å². The molecule has 0 aromatic rings. The van der Waals surface area contributed by atoms with Gasteiger partial charge in [0.1, 0.15) is 0 Å². The first-order chi connectivity index (χ1) is 8.93. The molecule has 1 aliphatic heterocycles. The van der Waals surface area contributed by atoms with E-state index in [1.165, 1.54) is 0 Å². The molecule has 1 N–H and O–H groups in total. The van der Waals surface area contributed by atoms with E-state index in [1.54, 1.807) is 0 Å². The Bertz CT molecular complexity index is 318. The third-order valence-corrected chi connectivity index (χ3v) is 3.50. The molecule has 1 rings (SSSR count). The van der Waals surface area contributed by atoms with Crippen LogP contribution in [0.2, 0.25) is 0 Å². The number of carbonyl (C=O) groups excluding carboxylic acids is 2. The molecule has 5 heteroatoms. The zero-order valence-electron chi connectivity index (χ0n) is 12.6. The van der Waals surface area contributed by atoms with Crippen molar-refractivity contribution in [2.75, 3.05) is 39.8 Å². The van der Waals surface area contributed by atoms with E-state index in [0.717, 1.165) is 19.6 Å². The second kappa shape index (κ2) is 7.48. The molecule has 0 saturated carbocycles. The van der Waals surface area contributed by atoms with E-state index in [2.05, 4.69) is 31.0 Å². The predicted molar refractivity (Wildman–Crippen MR) is 75.7 cm³/mol. The fourth-order valence-electron chi connectivity index (χ4n) is 2.24. The number of likely N-dealkylation sites (tertiary alicyclic amines) is 1. The van der Waals surface area contributed by atoms with E-state index in [-0.39, 0.29) is 17.7 Å². The van der Waals surface area contributed by atoms with Crippen molar-refractivity contribution in [3.8, 4) is 0 Å². The highest BCUT2D eigenvalue weighted by molar-refractivity contribution is 5.89. The van der Waals surface area contributed by atoms with Crippen molar-refractivity contribution < 1.29 is 9.59 Å². The van der Waals surface area contributed by atoms with Gasteiger partial charge in [0.2, 0.25) is 11.8 Å². The molecule has 0 unspecified atom stereocenters. The van der Waals surface area contributed by atoms with Crippen LogP contribution in [0.15, 0.2) is 0 Å². The Hall–Kier alpha value is -1.10. The number of rotatable bonds is 7. The zero-order valence-corrected chi connectivity index (χ0v) is 12.6. The third-order valence-electron chi connectivity index (χ3n) is 3.50. The molecule has 1 aliphatic rings. The maximum absolute atomic E-state index is 12.0. The van der Waals surface area contributed by atoms with Crippen LogP contribution < -0.4 is 5.32 Å². The smallest absolute Gasteiger partial charge is 0.225 e. The third kappa shape index (κ3) is 5.19. The highest BCUT2D eigenvalue weighted by atomic mass is 16.2. The lowest BCUT2D eigenvalue weighted by atomic mass is 10.1. The van der Waals surface area contributed by atoms with Crippen LogP contribution in [0, 0.1) is 11.8 Å². The molecule has 0 aliphatic carbocycles. The molecule has 19 heavy (non-hydrogen) atoms. The van der Waals surface area contributed by atoms with Gasteiger partial charge in [0.25, 0.3) is 0 Å². The minimum atomic E-state index is -0.168. The molecule has 1 saturated heterocycles. The number of nitrogens with zero attached hydrogens (tertiary/aromatic N) is 2. The molecular weight excluding hydrogens is 242 g/mol. The molecule has 0 aromatic carbocycles.